The summed E-state index contributed by atoms with van der Waals surface area (Å²) in [5.74, 6) is -0.306. The molecule has 0 unspecified atom stereocenters. The Morgan fingerprint density at radius 2 is 1.88 bits per heavy atom. The van der Waals surface area contributed by atoms with Crippen LogP contribution in [-0.4, -0.2) is 25.8 Å². The van der Waals surface area contributed by atoms with Crippen LogP contribution in [0.1, 0.15) is 5.56 Å². The molecule has 0 amide bonds. The van der Waals surface area contributed by atoms with E-state index in [0.29, 0.717) is 3.57 Å². The Bertz CT molecular complexity index is 857. The third kappa shape index (κ3) is 4.37. The summed E-state index contributed by atoms with van der Waals surface area (Å²) in [5.41, 5.74) is -0.274. The van der Waals surface area contributed by atoms with E-state index in [-0.39, 0.29) is 34.4 Å². The lowest BCUT2D eigenvalue weighted by Gasteiger charge is -2.10. The average molecular weight is 482 g/mol. The van der Waals surface area contributed by atoms with Crippen molar-refractivity contribution in [3.8, 4) is 5.75 Å². The van der Waals surface area contributed by atoms with Crippen LogP contribution in [0.15, 0.2) is 47.4 Å². The summed E-state index contributed by atoms with van der Waals surface area (Å²) in [5, 5.41) is 11.4. The second-order valence-corrected chi connectivity index (χ2v) is 8.25. The molecule has 0 fully saturated rings. The van der Waals surface area contributed by atoms with Crippen molar-refractivity contribution in [3.05, 3.63) is 61.7 Å². The first-order valence-electron chi connectivity index (χ1n) is 6.79. The van der Waals surface area contributed by atoms with Crippen molar-refractivity contribution in [2.24, 2.45) is 0 Å². The Morgan fingerprint density at radius 3 is 2.50 bits per heavy atom. The Labute approximate surface area is 158 Å². The van der Waals surface area contributed by atoms with Gasteiger partial charge in [-0.15, -0.1) is 11.6 Å². The summed E-state index contributed by atoms with van der Waals surface area (Å²) >= 11 is 7.46. The van der Waals surface area contributed by atoms with Gasteiger partial charge in [0, 0.05) is 9.13 Å². The third-order valence-corrected chi connectivity index (χ3v) is 6.30. The van der Waals surface area contributed by atoms with Gasteiger partial charge in [-0.2, -0.15) is 0 Å². The van der Waals surface area contributed by atoms with Crippen LogP contribution < -0.4 is 4.74 Å². The summed E-state index contributed by atoms with van der Waals surface area (Å²) in [4.78, 5) is 10.9. The number of nitro groups is 1. The molecule has 0 aliphatic rings. The summed E-state index contributed by atoms with van der Waals surface area (Å²) in [6.07, 6.45) is 0. The van der Waals surface area contributed by atoms with Gasteiger partial charge in [0.1, 0.15) is 6.61 Å². The number of alkyl halides is 1. The zero-order chi connectivity index (χ0) is 17.7. The van der Waals surface area contributed by atoms with Crippen LogP contribution in [-0.2, 0) is 15.6 Å². The maximum absolute atomic E-state index is 12.6. The smallest absolute Gasteiger partial charge is 0.315 e. The number of rotatable bonds is 7. The molecule has 0 radical (unpaired) electrons. The van der Waals surface area contributed by atoms with E-state index < -0.39 is 20.5 Å². The van der Waals surface area contributed by atoms with Gasteiger partial charge in [0.15, 0.2) is 15.6 Å². The van der Waals surface area contributed by atoms with Gasteiger partial charge >= 0.3 is 5.69 Å². The van der Waals surface area contributed by atoms with Gasteiger partial charge in [-0.1, -0.05) is 24.3 Å². The van der Waals surface area contributed by atoms with E-state index in [0.717, 1.165) is 0 Å². The molecule has 0 spiro atoms. The Hall–Kier alpha value is -1.39. The number of halogens is 2. The lowest BCUT2D eigenvalue weighted by atomic mass is 10.2. The molecule has 9 heteroatoms. The SMILES string of the molecule is O=[N+]([O-])c1c(CS(=O)(=O)c2ccccc2I)cccc1OCCCl. The van der Waals surface area contributed by atoms with Gasteiger partial charge in [-0.25, -0.2) is 8.42 Å². The fourth-order valence-corrected chi connectivity index (χ4v) is 5.06. The van der Waals surface area contributed by atoms with Crippen molar-refractivity contribution in [2.45, 2.75) is 10.6 Å². The maximum Gasteiger partial charge on any atom is 0.315 e. The predicted molar refractivity (Wildman–Crippen MR) is 99.4 cm³/mol. The van der Waals surface area contributed by atoms with Gasteiger partial charge in [-0.05, 0) is 40.8 Å². The van der Waals surface area contributed by atoms with E-state index in [1.807, 2.05) is 22.6 Å². The summed E-state index contributed by atoms with van der Waals surface area (Å²) in [6.45, 7) is 0.0924. The minimum atomic E-state index is -3.73. The zero-order valence-electron chi connectivity index (χ0n) is 12.3. The normalized spacial score (nSPS) is 11.2. The molecule has 0 aromatic heterocycles. The van der Waals surface area contributed by atoms with Crippen molar-refractivity contribution >= 4 is 49.7 Å². The standard InChI is InChI=1S/C15H13ClINO5S/c16-8-9-23-13-6-3-4-11(15(13)18(19)20)10-24(21,22)14-7-2-1-5-12(14)17/h1-7H,8-10H2. The van der Waals surface area contributed by atoms with Crippen molar-refractivity contribution in [3.63, 3.8) is 0 Å². The lowest BCUT2D eigenvalue weighted by Crippen LogP contribution is -2.10. The number of hydrogen-bond acceptors (Lipinski definition) is 5. The van der Waals surface area contributed by atoms with Crippen LogP contribution in [0.5, 0.6) is 5.75 Å². The van der Waals surface area contributed by atoms with Crippen molar-refractivity contribution in [1.82, 2.24) is 0 Å². The summed E-state index contributed by atoms with van der Waals surface area (Å²) in [7, 11) is -3.73. The molecule has 24 heavy (non-hydrogen) atoms. The molecule has 6 nitrogen and oxygen atoms in total. The Balaban J connectivity index is 2.46. The molecule has 0 aliphatic carbocycles. The molecular weight excluding hydrogens is 469 g/mol. The van der Waals surface area contributed by atoms with Crippen molar-refractivity contribution in [1.29, 1.82) is 0 Å². The van der Waals surface area contributed by atoms with Crippen molar-refractivity contribution < 1.29 is 18.1 Å². The number of nitro benzene ring substituents is 1. The van der Waals surface area contributed by atoms with E-state index >= 15 is 0 Å². The first kappa shape index (κ1) is 18.9. The molecule has 0 heterocycles. The largest absolute Gasteiger partial charge is 0.486 e. The lowest BCUT2D eigenvalue weighted by molar-refractivity contribution is -0.386. The topological polar surface area (TPSA) is 86.5 Å². The second-order valence-electron chi connectivity index (χ2n) is 4.75. The molecule has 0 saturated carbocycles. The van der Waals surface area contributed by atoms with Crippen LogP contribution in [0, 0.1) is 13.7 Å². The third-order valence-electron chi connectivity index (χ3n) is 3.12. The van der Waals surface area contributed by atoms with Gasteiger partial charge in [0.05, 0.1) is 21.5 Å². The fraction of sp³-hybridized carbons (Fsp3) is 0.200. The summed E-state index contributed by atoms with van der Waals surface area (Å²) in [6, 6.07) is 10.9. The highest BCUT2D eigenvalue weighted by Gasteiger charge is 2.26. The second kappa shape index (κ2) is 8.13. The number of para-hydroxylation sites is 1. The minimum Gasteiger partial charge on any atom is -0.486 e. The van der Waals surface area contributed by atoms with Crippen LogP contribution in [0.25, 0.3) is 0 Å². The van der Waals surface area contributed by atoms with Crippen LogP contribution in [0.3, 0.4) is 0 Å². The van der Waals surface area contributed by atoms with E-state index in [9.17, 15) is 18.5 Å². The Kier molecular flexibility index (Phi) is 6.41. The van der Waals surface area contributed by atoms with Gasteiger partial charge < -0.3 is 4.74 Å². The molecule has 128 valence electrons. The molecule has 2 aromatic carbocycles. The summed E-state index contributed by atoms with van der Waals surface area (Å²) < 4.78 is 31.1. The van der Waals surface area contributed by atoms with Crippen LogP contribution >= 0.6 is 34.2 Å². The number of benzene rings is 2. The van der Waals surface area contributed by atoms with E-state index in [4.69, 9.17) is 16.3 Å². The van der Waals surface area contributed by atoms with E-state index in [1.165, 1.54) is 24.3 Å². The fourth-order valence-electron chi connectivity index (χ4n) is 2.14. The predicted octanol–water partition coefficient (Wildman–Crippen LogP) is 3.79. The molecule has 2 aromatic rings. The first-order chi connectivity index (χ1) is 11.4. The number of hydrogen-bond donors (Lipinski definition) is 0. The van der Waals surface area contributed by atoms with Gasteiger partial charge in [0.2, 0.25) is 0 Å². The highest BCUT2D eigenvalue weighted by molar-refractivity contribution is 14.1. The first-order valence-corrected chi connectivity index (χ1v) is 10.1. The molecule has 0 aliphatic heterocycles. The molecule has 0 bridgehead atoms. The molecule has 0 atom stereocenters. The highest BCUT2D eigenvalue weighted by Crippen LogP contribution is 2.33. The number of ether oxygens (including phenoxy) is 1. The molecule has 2 rings (SSSR count). The van der Waals surface area contributed by atoms with E-state index in [2.05, 4.69) is 0 Å². The van der Waals surface area contributed by atoms with E-state index in [1.54, 1.807) is 18.2 Å². The number of sulfone groups is 1. The average Bonchev–Trinajstić information content (AvgIpc) is 2.52. The maximum atomic E-state index is 12.6. The van der Waals surface area contributed by atoms with Crippen LogP contribution in [0.2, 0.25) is 0 Å². The molecular formula is C15H13ClINO5S. The number of nitrogens with zero attached hydrogens (tertiary/aromatic N) is 1. The van der Waals surface area contributed by atoms with Crippen LogP contribution in [0.4, 0.5) is 5.69 Å². The quantitative estimate of drug-likeness (QED) is 0.260. The molecule has 0 N–H and O–H groups in total. The zero-order valence-corrected chi connectivity index (χ0v) is 16.0. The van der Waals surface area contributed by atoms with Crippen molar-refractivity contribution in [2.75, 3.05) is 12.5 Å². The Morgan fingerprint density at radius 1 is 1.17 bits per heavy atom. The van der Waals surface area contributed by atoms with Gasteiger partial charge in [-0.3, -0.25) is 10.1 Å². The minimum absolute atomic E-state index is 0.0103. The van der Waals surface area contributed by atoms with Gasteiger partial charge in [0.25, 0.3) is 0 Å². The highest BCUT2D eigenvalue weighted by atomic mass is 127. The molecule has 0 saturated heterocycles. The monoisotopic (exact) mass is 481 g/mol.